The number of hydrogen-bond acceptors (Lipinski definition) is 0. The molecule has 1 aromatic carbocycles. The average molecular weight is 250 g/mol. The Labute approximate surface area is 113 Å². The van der Waals surface area contributed by atoms with Crippen molar-refractivity contribution >= 4 is 0 Å². The van der Waals surface area contributed by atoms with E-state index in [4.69, 9.17) is 0 Å². The third-order valence-corrected chi connectivity index (χ3v) is 3.81. The standard InChI is InChI=1S/C16H28N2/c1-5-18(14-13-17(3)4)15(2)11-12-16-9-7-6-8-10-16/h6-10,15H,5,11-14H2,1-4H3/p+2/t15-/m1/s1. The minimum absolute atomic E-state index is 0.759. The maximum Gasteiger partial charge on any atom is 0.127 e. The molecule has 2 N–H and O–H groups in total. The average Bonchev–Trinajstić information content (AvgIpc) is 2.38. The molecule has 0 amide bonds. The van der Waals surface area contributed by atoms with Crippen LogP contribution in [0.4, 0.5) is 0 Å². The molecule has 0 aliphatic carbocycles. The Hall–Kier alpha value is -0.860. The monoisotopic (exact) mass is 250 g/mol. The van der Waals surface area contributed by atoms with Gasteiger partial charge >= 0.3 is 0 Å². The fourth-order valence-corrected chi connectivity index (χ4v) is 2.41. The Kier molecular flexibility index (Phi) is 6.99. The lowest BCUT2D eigenvalue weighted by Crippen LogP contribution is -3.20. The van der Waals surface area contributed by atoms with Crippen molar-refractivity contribution in [2.24, 2.45) is 0 Å². The molecule has 2 nitrogen and oxygen atoms in total. The number of benzene rings is 1. The van der Waals surface area contributed by atoms with Gasteiger partial charge in [0.1, 0.15) is 13.1 Å². The first kappa shape index (κ1) is 15.2. The van der Waals surface area contributed by atoms with E-state index in [0.29, 0.717) is 0 Å². The Morgan fingerprint density at radius 1 is 1.06 bits per heavy atom. The van der Waals surface area contributed by atoms with E-state index in [-0.39, 0.29) is 0 Å². The van der Waals surface area contributed by atoms with Crippen LogP contribution in [0, 0.1) is 0 Å². The first-order chi connectivity index (χ1) is 8.63. The van der Waals surface area contributed by atoms with Gasteiger partial charge in [-0.1, -0.05) is 30.3 Å². The van der Waals surface area contributed by atoms with Gasteiger partial charge in [-0.2, -0.15) is 0 Å². The fourth-order valence-electron chi connectivity index (χ4n) is 2.41. The van der Waals surface area contributed by atoms with E-state index in [2.05, 4.69) is 58.3 Å². The molecule has 2 heteroatoms. The van der Waals surface area contributed by atoms with Gasteiger partial charge in [0, 0.05) is 6.42 Å². The zero-order valence-corrected chi connectivity index (χ0v) is 12.5. The Morgan fingerprint density at radius 3 is 2.28 bits per heavy atom. The highest BCUT2D eigenvalue weighted by atomic mass is 15.2. The van der Waals surface area contributed by atoms with Crippen LogP contribution < -0.4 is 9.80 Å². The van der Waals surface area contributed by atoms with Crippen LogP contribution >= 0.6 is 0 Å². The summed E-state index contributed by atoms with van der Waals surface area (Å²) in [6.07, 6.45) is 2.50. The summed E-state index contributed by atoms with van der Waals surface area (Å²) in [7, 11) is 4.48. The van der Waals surface area contributed by atoms with Crippen molar-refractivity contribution in [3.8, 4) is 0 Å². The molecule has 0 saturated carbocycles. The zero-order valence-electron chi connectivity index (χ0n) is 12.5. The fraction of sp³-hybridized carbons (Fsp3) is 0.625. The Balaban J connectivity index is 2.35. The maximum atomic E-state index is 2.40. The molecule has 2 atom stereocenters. The van der Waals surface area contributed by atoms with Crippen LogP contribution in [0.3, 0.4) is 0 Å². The highest BCUT2D eigenvalue weighted by Crippen LogP contribution is 2.03. The SMILES string of the molecule is CC[NH+](CC[NH+](C)C)[C@H](C)CCc1ccccc1. The van der Waals surface area contributed by atoms with Crippen molar-refractivity contribution in [1.29, 1.82) is 0 Å². The van der Waals surface area contributed by atoms with E-state index >= 15 is 0 Å². The predicted octanol–water partition coefficient (Wildman–Crippen LogP) is 0.0570. The van der Waals surface area contributed by atoms with Crippen LogP contribution in [0.2, 0.25) is 0 Å². The van der Waals surface area contributed by atoms with E-state index in [0.717, 1.165) is 6.04 Å². The van der Waals surface area contributed by atoms with Crippen LogP contribution in [0.1, 0.15) is 25.8 Å². The second kappa shape index (κ2) is 8.28. The van der Waals surface area contributed by atoms with Crippen molar-refractivity contribution in [3.05, 3.63) is 35.9 Å². The van der Waals surface area contributed by atoms with Gasteiger partial charge in [0.2, 0.25) is 0 Å². The van der Waals surface area contributed by atoms with Gasteiger partial charge < -0.3 is 9.80 Å². The molecule has 1 aromatic rings. The minimum Gasteiger partial charge on any atom is -0.335 e. The molecule has 1 rings (SSSR count). The summed E-state index contributed by atoms with van der Waals surface area (Å²) < 4.78 is 0. The molecule has 18 heavy (non-hydrogen) atoms. The molecule has 0 aromatic heterocycles. The van der Waals surface area contributed by atoms with Crippen molar-refractivity contribution in [3.63, 3.8) is 0 Å². The molecule has 0 heterocycles. The molecular formula is C16H30N2+2. The number of quaternary nitrogens is 2. The third-order valence-electron chi connectivity index (χ3n) is 3.81. The highest BCUT2D eigenvalue weighted by Gasteiger charge is 2.16. The molecule has 0 bridgehead atoms. The quantitative estimate of drug-likeness (QED) is 0.645. The van der Waals surface area contributed by atoms with Crippen LogP contribution in [0.5, 0.6) is 0 Å². The minimum atomic E-state index is 0.759. The second-order valence-electron chi connectivity index (χ2n) is 5.64. The topological polar surface area (TPSA) is 8.88 Å². The lowest BCUT2D eigenvalue weighted by molar-refractivity contribution is -0.956. The first-order valence-corrected chi connectivity index (χ1v) is 7.31. The molecule has 1 unspecified atom stereocenters. The molecular weight excluding hydrogens is 220 g/mol. The number of likely N-dealkylation sites (N-methyl/N-ethyl adjacent to an activating group) is 2. The van der Waals surface area contributed by atoms with Crippen molar-refractivity contribution in [2.75, 3.05) is 33.7 Å². The van der Waals surface area contributed by atoms with Crippen molar-refractivity contribution < 1.29 is 9.80 Å². The van der Waals surface area contributed by atoms with E-state index < -0.39 is 0 Å². The Bertz CT molecular complexity index is 308. The van der Waals surface area contributed by atoms with E-state index in [1.807, 2.05) is 0 Å². The molecule has 0 radical (unpaired) electrons. The molecule has 0 aliphatic rings. The summed E-state index contributed by atoms with van der Waals surface area (Å²) in [6, 6.07) is 11.6. The van der Waals surface area contributed by atoms with Crippen LogP contribution in [0.25, 0.3) is 0 Å². The largest absolute Gasteiger partial charge is 0.335 e. The van der Waals surface area contributed by atoms with Gasteiger partial charge in [0.15, 0.2) is 0 Å². The van der Waals surface area contributed by atoms with Crippen molar-refractivity contribution in [1.82, 2.24) is 0 Å². The van der Waals surface area contributed by atoms with Gasteiger partial charge in [-0.15, -0.1) is 0 Å². The van der Waals surface area contributed by atoms with Crippen LogP contribution in [0.15, 0.2) is 30.3 Å². The maximum absolute atomic E-state index is 2.40. The highest BCUT2D eigenvalue weighted by molar-refractivity contribution is 5.14. The van der Waals surface area contributed by atoms with Gasteiger partial charge in [0.25, 0.3) is 0 Å². The van der Waals surface area contributed by atoms with E-state index in [1.54, 1.807) is 9.80 Å². The number of aryl methyl sites for hydroxylation is 1. The normalized spacial score (nSPS) is 14.7. The molecule has 0 aliphatic heterocycles. The smallest absolute Gasteiger partial charge is 0.127 e. The molecule has 0 spiro atoms. The van der Waals surface area contributed by atoms with Gasteiger partial charge in [-0.05, 0) is 25.8 Å². The lowest BCUT2D eigenvalue weighted by Gasteiger charge is -2.25. The number of nitrogens with one attached hydrogen (secondary N) is 2. The Morgan fingerprint density at radius 2 is 1.72 bits per heavy atom. The molecule has 0 saturated heterocycles. The summed E-state index contributed by atoms with van der Waals surface area (Å²) in [4.78, 5) is 3.29. The van der Waals surface area contributed by atoms with Gasteiger partial charge in [-0.3, -0.25) is 0 Å². The summed E-state index contributed by atoms with van der Waals surface area (Å²) in [6.45, 7) is 8.49. The predicted molar refractivity (Wildman–Crippen MR) is 78.3 cm³/mol. The van der Waals surface area contributed by atoms with E-state index in [9.17, 15) is 0 Å². The number of hydrogen-bond donors (Lipinski definition) is 2. The van der Waals surface area contributed by atoms with Gasteiger partial charge in [-0.25, -0.2) is 0 Å². The van der Waals surface area contributed by atoms with E-state index in [1.165, 1.54) is 38.0 Å². The van der Waals surface area contributed by atoms with Crippen LogP contribution in [-0.2, 0) is 6.42 Å². The summed E-state index contributed by atoms with van der Waals surface area (Å²) >= 11 is 0. The first-order valence-electron chi connectivity index (χ1n) is 7.31. The summed E-state index contributed by atoms with van der Waals surface area (Å²) in [5.41, 5.74) is 1.47. The second-order valence-corrected chi connectivity index (χ2v) is 5.64. The third kappa shape index (κ3) is 5.65. The van der Waals surface area contributed by atoms with Crippen molar-refractivity contribution in [2.45, 2.75) is 32.7 Å². The number of rotatable bonds is 8. The lowest BCUT2D eigenvalue weighted by atomic mass is 10.1. The van der Waals surface area contributed by atoms with Crippen LogP contribution in [-0.4, -0.2) is 39.8 Å². The van der Waals surface area contributed by atoms with Gasteiger partial charge in [0.05, 0.1) is 26.7 Å². The zero-order chi connectivity index (χ0) is 13.4. The summed E-state index contributed by atoms with van der Waals surface area (Å²) in [5.74, 6) is 0. The summed E-state index contributed by atoms with van der Waals surface area (Å²) in [5, 5.41) is 0. The molecule has 0 fully saturated rings. The molecule has 102 valence electrons.